The van der Waals surface area contributed by atoms with E-state index in [9.17, 15) is 27.1 Å². The number of benzene rings is 1. The van der Waals surface area contributed by atoms with Crippen LogP contribution in [0.25, 0.3) is 11.1 Å². The standard InChI is InChI=1S/C7H10F2N2O5S.C6H4/c1-17(14,15)4-7(13,16-6(8)9)5(12)11-3-2-10;1-2-5-4-6(5)3-1/h6,13H,3-4H2,1H3,(H,11,12);1-4H. The molecule has 23 heavy (non-hydrogen) atoms. The normalized spacial score (nSPS) is 14.1. The van der Waals surface area contributed by atoms with Crippen molar-refractivity contribution in [2.45, 2.75) is 12.4 Å². The molecule has 1 amide bonds. The number of aliphatic hydroxyl groups is 1. The van der Waals surface area contributed by atoms with Crippen LogP contribution in [0.3, 0.4) is 0 Å². The molecular formula is C13H14F2N2O5S. The predicted octanol–water partition coefficient (Wildman–Crippen LogP) is 0.266. The van der Waals surface area contributed by atoms with Gasteiger partial charge in [0.2, 0.25) is 0 Å². The summed E-state index contributed by atoms with van der Waals surface area (Å²) in [7, 11) is -3.95. The highest BCUT2D eigenvalue weighted by Crippen LogP contribution is 2.32. The number of nitrogens with zero attached hydrogens (tertiary/aromatic N) is 1. The Morgan fingerprint density at radius 2 is 2.04 bits per heavy atom. The van der Waals surface area contributed by atoms with Crippen molar-refractivity contribution in [3.8, 4) is 17.2 Å². The molecule has 0 aliphatic heterocycles. The van der Waals surface area contributed by atoms with E-state index in [-0.39, 0.29) is 0 Å². The summed E-state index contributed by atoms with van der Waals surface area (Å²) in [5, 5.41) is 19.3. The zero-order valence-corrected chi connectivity index (χ0v) is 12.8. The fourth-order valence-electron chi connectivity index (χ4n) is 1.59. The molecule has 7 nitrogen and oxygen atoms in total. The van der Waals surface area contributed by atoms with Gasteiger partial charge >= 0.3 is 6.61 Å². The molecule has 2 rings (SSSR count). The van der Waals surface area contributed by atoms with Crippen molar-refractivity contribution in [3.63, 3.8) is 0 Å². The molecule has 0 spiro atoms. The Kier molecular flexibility index (Phi) is 6.14. The van der Waals surface area contributed by atoms with Crippen molar-refractivity contribution in [2.75, 3.05) is 18.6 Å². The lowest BCUT2D eigenvalue weighted by atomic mass is 10.3. The zero-order valence-electron chi connectivity index (χ0n) is 12.0. The van der Waals surface area contributed by atoms with E-state index in [0.29, 0.717) is 6.26 Å². The van der Waals surface area contributed by atoms with E-state index in [2.05, 4.69) is 29.0 Å². The van der Waals surface area contributed by atoms with Crippen LogP contribution in [0.4, 0.5) is 8.78 Å². The molecule has 1 atom stereocenters. The number of carbonyl (C=O) groups is 1. The van der Waals surface area contributed by atoms with E-state index in [1.54, 1.807) is 5.32 Å². The molecular weight excluding hydrogens is 334 g/mol. The molecule has 0 bridgehead atoms. The van der Waals surface area contributed by atoms with Gasteiger partial charge in [0.1, 0.15) is 12.3 Å². The van der Waals surface area contributed by atoms with Gasteiger partial charge in [-0.15, -0.1) is 0 Å². The van der Waals surface area contributed by atoms with E-state index in [1.807, 2.05) is 0 Å². The van der Waals surface area contributed by atoms with Gasteiger partial charge in [0.25, 0.3) is 11.7 Å². The van der Waals surface area contributed by atoms with Gasteiger partial charge in [0.05, 0.1) is 6.07 Å². The highest BCUT2D eigenvalue weighted by atomic mass is 32.2. The molecule has 0 aromatic carbocycles. The second-order valence-corrected chi connectivity index (χ2v) is 6.79. The van der Waals surface area contributed by atoms with Gasteiger partial charge in [-0.2, -0.15) is 14.0 Å². The summed E-state index contributed by atoms with van der Waals surface area (Å²) in [6.45, 7) is -4.13. The van der Waals surface area contributed by atoms with Crippen LogP contribution in [0.1, 0.15) is 0 Å². The smallest absolute Gasteiger partial charge is 0.348 e. The number of carbonyl (C=O) groups excluding carboxylic acids is 1. The van der Waals surface area contributed by atoms with E-state index in [1.165, 1.54) is 17.2 Å². The van der Waals surface area contributed by atoms with E-state index >= 15 is 0 Å². The second-order valence-electron chi connectivity index (χ2n) is 4.65. The summed E-state index contributed by atoms with van der Waals surface area (Å²) >= 11 is 0. The molecule has 1 unspecified atom stereocenters. The van der Waals surface area contributed by atoms with Crippen LogP contribution in [0.15, 0.2) is 24.3 Å². The van der Waals surface area contributed by atoms with Crippen LogP contribution < -0.4 is 5.32 Å². The van der Waals surface area contributed by atoms with E-state index in [4.69, 9.17) is 5.26 Å². The average molecular weight is 348 g/mol. The first-order chi connectivity index (χ1) is 10.6. The van der Waals surface area contributed by atoms with Crippen LogP contribution in [-0.2, 0) is 19.4 Å². The molecule has 10 heteroatoms. The zero-order chi connectivity index (χ0) is 17.7. The summed E-state index contributed by atoms with van der Waals surface area (Å²) in [6, 6.07) is 9.93. The molecule has 0 fully saturated rings. The van der Waals surface area contributed by atoms with E-state index < -0.39 is 40.4 Å². The Morgan fingerprint density at radius 3 is 2.35 bits per heavy atom. The van der Waals surface area contributed by atoms with Crippen LogP contribution in [0.5, 0.6) is 0 Å². The Morgan fingerprint density at radius 1 is 1.48 bits per heavy atom. The van der Waals surface area contributed by atoms with Crippen molar-refractivity contribution in [2.24, 2.45) is 0 Å². The summed E-state index contributed by atoms with van der Waals surface area (Å²) in [4.78, 5) is 11.2. The number of sulfone groups is 1. The largest absolute Gasteiger partial charge is 0.357 e. The van der Waals surface area contributed by atoms with E-state index in [0.717, 1.165) is 0 Å². The third-order valence-electron chi connectivity index (χ3n) is 2.54. The first-order valence-electron chi connectivity index (χ1n) is 6.19. The fraction of sp³-hybridized carbons (Fsp3) is 0.385. The quantitative estimate of drug-likeness (QED) is 0.571. The minimum atomic E-state index is -3.95. The minimum Gasteiger partial charge on any atom is -0.357 e. The Bertz CT molecular complexity index is 700. The average Bonchev–Trinajstić information content (AvgIpc) is 3.00. The number of halogens is 2. The molecule has 2 aliphatic carbocycles. The molecule has 0 saturated carbocycles. The number of hydrogen-bond donors (Lipinski definition) is 2. The van der Waals surface area contributed by atoms with Crippen LogP contribution >= 0.6 is 0 Å². The third kappa shape index (κ3) is 6.68. The number of alkyl halides is 2. The molecule has 0 radical (unpaired) electrons. The number of amides is 1. The van der Waals surface area contributed by atoms with Gasteiger partial charge in [0.15, 0.2) is 9.84 Å². The Labute approximate surface area is 131 Å². The number of fused-ring (bicyclic) bond motifs is 1. The van der Waals surface area contributed by atoms with Gasteiger partial charge in [0, 0.05) is 6.26 Å². The van der Waals surface area contributed by atoms with Gasteiger partial charge < -0.3 is 10.4 Å². The maximum atomic E-state index is 12.0. The van der Waals surface area contributed by atoms with Gasteiger partial charge in [-0.05, 0) is 17.2 Å². The summed E-state index contributed by atoms with van der Waals surface area (Å²) in [5.41, 5.74) is 2.85. The first-order valence-corrected chi connectivity index (χ1v) is 8.25. The molecule has 2 aliphatic rings. The maximum absolute atomic E-state index is 12.0. The third-order valence-corrected chi connectivity index (χ3v) is 3.45. The van der Waals surface area contributed by atoms with Crippen molar-refractivity contribution < 1.29 is 31.8 Å². The SMILES string of the molecule is CS(=O)(=O)CC(O)(OC(F)F)C(=O)NCC#N.c1cc2cc-2c1. The summed E-state index contributed by atoms with van der Waals surface area (Å²) < 4.78 is 49.3. The van der Waals surface area contributed by atoms with Gasteiger partial charge in [-0.3, -0.25) is 9.53 Å². The Balaban J connectivity index is 0.000000354. The molecule has 126 valence electrons. The first kappa shape index (κ1) is 19.0. The number of ether oxygens (including phenoxy) is 1. The van der Waals surface area contributed by atoms with Crippen LogP contribution in [-0.4, -0.2) is 50.4 Å². The topological polar surface area (TPSA) is 116 Å². The number of hydrogen-bond acceptors (Lipinski definition) is 6. The van der Waals surface area contributed by atoms with Crippen molar-refractivity contribution >= 4 is 15.7 Å². The van der Waals surface area contributed by atoms with Crippen LogP contribution in [0, 0.1) is 11.3 Å². The van der Waals surface area contributed by atoms with Crippen molar-refractivity contribution in [1.29, 1.82) is 5.26 Å². The molecule has 0 saturated heterocycles. The van der Waals surface area contributed by atoms with Gasteiger partial charge in [-0.1, -0.05) is 18.2 Å². The highest BCUT2D eigenvalue weighted by Gasteiger charge is 2.43. The number of nitriles is 1. The maximum Gasteiger partial charge on any atom is 0.348 e. The molecule has 2 N–H and O–H groups in total. The van der Waals surface area contributed by atoms with Gasteiger partial charge in [-0.25, -0.2) is 8.42 Å². The monoisotopic (exact) mass is 348 g/mol. The summed E-state index contributed by atoms with van der Waals surface area (Å²) in [6.07, 6.45) is 0.629. The molecule has 0 aromatic rings. The number of rotatable bonds is 6. The second kappa shape index (κ2) is 7.45. The Hall–Kier alpha value is -2.09. The van der Waals surface area contributed by atoms with Crippen molar-refractivity contribution in [3.05, 3.63) is 24.3 Å². The van der Waals surface area contributed by atoms with Crippen molar-refractivity contribution in [1.82, 2.24) is 5.32 Å². The minimum absolute atomic E-state index is 0.586. The molecule has 0 heterocycles. The lowest BCUT2D eigenvalue weighted by Gasteiger charge is -2.24. The lowest BCUT2D eigenvalue weighted by Crippen LogP contribution is -2.54. The summed E-state index contributed by atoms with van der Waals surface area (Å²) in [5.74, 6) is -6.09. The lowest BCUT2D eigenvalue weighted by molar-refractivity contribution is -0.271. The number of nitrogens with one attached hydrogen (secondary N) is 1. The predicted molar refractivity (Wildman–Crippen MR) is 75.8 cm³/mol. The van der Waals surface area contributed by atoms with Crippen LogP contribution in [0.2, 0.25) is 0 Å². The fourth-order valence-corrected chi connectivity index (χ4v) is 2.50. The molecule has 0 aromatic heterocycles. The highest BCUT2D eigenvalue weighted by molar-refractivity contribution is 7.90.